The van der Waals surface area contributed by atoms with Crippen LogP contribution in [0.1, 0.15) is 45.4 Å². The Hall–Kier alpha value is -0.900. The van der Waals surface area contributed by atoms with Gasteiger partial charge < -0.3 is 10.1 Å². The van der Waals surface area contributed by atoms with Gasteiger partial charge in [0, 0.05) is 18.9 Å². The van der Waals surface area contributed by atoms with Gasteiger partial charge >= 0.3 is 0 Å². The number of carbonyl (C=O) groups excluding carboxylic acids is 2. The Morgan fingerprint density at radius 2 is 1.88 bits per heavy atom. The summed E-state index contributed by atoms with van der Waals surface area (Å²) >= 11 is 0. The fourth-order valence-corrected chi connectivity index (χ4v) is 2.07. The van der Waals surface area contributed by atoms with Gasteiger partial charge in [0.25, 0.3) is 0 Å². The maximum Gasteiger partial charge on any atom is 0.223 e. The molecule has 1 N–H and O–H groups in total. The second-order valence-corrected chi connectivity index (χ2v) is 4.69. The zero-order chi connectivity index (χ0) is 12.5. The number of Topliss-reactive ketones (excluding diaryl/α,β-unsaturated/α-hetero) is 1. The summed E-state index contributed by atoms with van der Waals surface area (Å²) in [5.74, 6) is 0.511. The van der Waals surface area contributed by atoms with Crippen molar-refractivity contribution in [2.24, 2.45) is 5.92 Å². The minimum atomic E-state index is 0.135. The van der Waals surface area contributed by atoms with E-state index in [-0.39, 0.29) is 17.6 Å². The normalized spacial score (nSPS) is 16.8. The zero-order valence-corrected chi connectivity index (χ0v) is 10.7. The second kappa shape index (κ2) is 8.23. The number of hydrogen-bond donors (Lipinski definition) is 1. The molecule has 0 atom stereocenters. The molecule has 1 rings (SSSR count). The van der Waals surface area contributed by atoms with E-state index in [1.165, 1.54) is 19.3 Å². The average molecular weight is 241 g/mol. The zero-order valence-electron chi connectivity index (χ0n) is 10.7. The number of nitrogens with one attached hydrogen (secondary N) is 1. The van der Waals surface area contributed by atoms with Crippen LogP contribution in [0, 0.1) is 5.92 Å². The minimum Gasteiger partial charge on any atom is -0.379 e. The van der Waals surface area contributed by atoms with Crippen molar-refractivity contribution in [3.8, 4) is 0 Å². The largest absolute Gasteiger partial charge is 0.379 e. The summed E-state index contributed by atoms with van der Waals surface area (Å²) in [7, 11) is 0. The van der Waals surface area contributed by atoms with Crippen LogP contribution < -0.4 is 5.32 Å². The quantitative estimate of drug-likeness (QED) is 0.690. The lowest BCUT2D eigenvalue weighted by molar-refractivity contribution is -0.126. The fourth-order valence-electron chi connectivity index (χ4n) is 2.07. The van der Waals surface area contributed by atoms with Gasteiger partial charge in [0.05, 0.1) is 13.2 Å². The smallest absolute Gasteiger partial charge is 0.223 e. The molecule has 0 aromatic rings. The first-order chi connectivity index (χ1) is 8.20. The summed E-state index contributed by atoms with van der Waals surface area (Å²) < 4.78 is 5.25. The van der Waals surface area contributed by atoms with Crippen molar-refractivity contribution in [3.63, 3.8) is 0 Å². The number of ether oxygens (including phenoxy) is 1. The molecule has 0 aromatic carbocycles. The molecule has 98 valence electrons. The van der Waals surface area contributed by atoms with Crippen molar-refractivity contribution in [2.75, 3.05) is 19.8 Å². The molecule has 0 unspecified atom stereocenters. The highest BCUT2D eigenvalue weighted by Gasteiger charge is 2.20. The topological polar surface area (TPSA) is 55.4 Å². The van der Waals surface area contributed by atoms with Crippen LogP contribution in [0.25, 0.3) is 0 Å². The van der Waals surface area contributed by atoms with Gasteiger partial charge in [0.15, 0.2) is 0 Å². The van der Waals surface area contributed by atoms with Crippen LogP contribution in [0.3, 0.4) is 0 Å². The van der Waals surface area contributed by atoms with E-state index in [9.17, 15) is 9.59 Å². The molecule has 0 aromatic heterocycles. The van der Waals surface area contributed by atoms with E-state index in [0.29, 0.717) is 26.2 Å². The Kier molecular flexibility index (Phi) is 6.86. The van der Waals surface area contributed by atoms with Gasteiger partial charge in [-0.25, -0.2) is 0 Å². The highest BCUT2D eigenvalue weighted by Crippen LogP contribution is 2.23. The predicted octanol–water partition coefficient (Wildman–Crippen LogP) is 1.68. The van der Waals surface area contributed by atoms with E-state index in [0.717, 1.165) is 12.8 Å². The molecule has 17 heavy (non-hydrogen) atoms. The predicted molar refractivity (Wildman–Crippen MR) is 65.7 cm³/mol. The summed E-state index contributed by atoms with van der Waals surface area (Å²) in [5.41, 5.74) is 0. The molecule has 1 aliphatic rings. The molecule has 4 nitrogen and oxygen atoms in total. The van der Waals surface area contributed by atoms with E-state index < -0.39 is 0 Å². The Labute approximate surface area is 103 Å². The SMILES string of the molecule is CC(=O)CCOCCNC(=O)C1CCCCC1. The van der Waals surface area contributed by atoms with Gasteiger partial charge in [-0.05, 0) is 19.8 Å². The van der Waals surface area contributed by atoms with Crippen LogP contribution in [0.2, 0.25) is 0 Å². The van der Waals surface area contributed by atoms with Gasteiger partial charge in [0.1, 0.15) is 5.78 Å². The lowest BCUT2D eigenvalue weighted by Gasteiger charge is -2.20. The second-order valence-electron chi connectivity index (χ2n) is 4.69. The maximum absolute atomic E-state index is 11.7. The number of amides is 1. The molecule has 0 saturated heterocycles. The number of carbonyl (C=O) groups is 2. The number of rotatable bonds is 7. The Morgan fingerprint density at radius 3 is 2.53 bits per heavy atom. The molecule has 0 bridgehead atoms. The van der Waals surface area contributed by atoms with Crippen LogP contribution in [0.4, 0.5) is 0 Å². The molecule has 4 heteroatoms. The standard InChI is InChI=1S/C13H23NO3/c1-11(15)7-9-17-10-8-14-13(16)12-5-3-2-4-6-12/h12H,2-10H2,1H3,(H,14,16). The molecular formula is C13H23NO3. The van der Waals surface area contributed by atoms with Crippen molar-refractivity contribution < 1.29 is 14.3 Å². The highest BCUT2D eigenvalue weighted by atomic mass is 16.5. The van der Waals surface area contributed by atoms with E-state index in [1.807, 2.05) is 0 Å². The Balaban J connectivity index is 1.98. The van der Waals surface area contributed by atoms with Gasteiger partial charge in [-0.15, -0.1) is 0 Å². The summed E-state index contributed by atoms with van der Waals surface area (Å²) in [6.07, 6.45) is 6.11. The van der Waals surface area contributed by atoms with Crippen LogP contribution in [0.15, 0.2) is 0 Å². The fraction of sp³-hybridized carbons (Fsp3) is 0.846. The third-order valence-corrected chi connectivity index (χ3v) is 3.12. The minimum absolute atomic E-state index is 0.135. The highest BCUT2D eigenvalue weighted by molar-refractivity contribution is 5.78. The maximum atomic E-state index is 11.7. The lowest BCUT2D eigenvalue weighted by Crippen LogP contribution is -2.34. The van der Waals surface area contributed by atoms with Crippen LogP contribution in [-0.2, 0) is 14.3 Å². The van der Waals surface area contributed by atoms with Crippen LogP contribution in [-0.4, -0.2) is 31.4 Å². The molecular weight excluding hydrogens is 218 g/mol. The third kappa shape index (κ3) is 6.41. The van der Waals surface area contributed by atoms with E-state index in [2.05, 4.69) is 5.32 Å². The molecule has 1 aliphatic carbocycles. The first-order valence-corrected chi connectivity index (χ1v) is 6.55. The molecule has 1 saturated carbocycles. The van der Waals surface area contributed by atoms with Crippen molar-refractivity contribution in [1.29, 1.82) is 0 Å². The summed E-state index contributed by atoms with van der Waals surface area (Å²) in [5, 5.41) is 2.89. The molecule has 0 heterocycles. The molecule has 0 spiro atoms. The lowest BCUT2D eigenvalue weighted by atomic mass is 9.89. The average Bonchev–Trinajstić information content (AvgIpc) is 2.34. The van der Waals surface area contributed by atoms with E-state index >= 15 is 0 Å². The first-order valence-electron chi connectivity index (χ1n) is 6.55. The first kappa shape index (κ1) is 14.2. The summed E-state index contributed by atoms with van der Waals surface area (Å²) in [6, 6.07) is 0. The van der Waals surface area contributed by atoms with Crippen molar-refractivity contribution in [2.45, 2.75) is 45.4 Å². The van der Waals surface area contributed by atoms with Gasteiger partial charge in [-0.3, -0.25) is 9.59 Å². The Bertz CT molecular complexity index is 247. The third-order valence-electron chi connectivity index (χ3n) is 3.12. The van der Waals surface area contributed by atoms with Crippen molar-refractivity contribution in [1.82, 2.24) is 5.32 Å². The molecule has 1 amide bonds. The van der Waals surface area contributed by atoms with Gasteiger partial charge in [-0.2, -0.15) is 0 Å². The van der Waals surface area contributed by atoms with E-state index in [4.69, 9.17) is 4.74 Å². The van der Waals surface area contributed by atoms with Crippen molar-refractivity contribution >= 4 is 11.7 Å². The van der Waals surface area contributed by atoms with Gasteiger partial charge in [0.2, 0.25) is 5.91 Å². The van der Waals surface area contributed by atoms with Crippen molar-refractivity contribution in [3.05, 3.63) is 0 Å². The molecule has 0 aliphatic heterocycles. The monoisotopic (exact) mass is 241 g/mol. The Morgan fingerprint density at radius 1 is 1.18 bits per heavy atom. The number of hydrogen-bond acceptors (Lipinski definition) is 3. The van der Waals surface area contributed by atoms with Crippen LogP contribution >= 0.6 is 0 Å². The summed E-state index contributed by atoms with van der Waals surface area (Å²) in [4.78, 5) is 22.4. The summed E-state index contributed by atoms with van der Waals surface area (Å²) in [6.45, 7) is 3.04. The van der Waals surface area contributed by atoms with E-state index in [1.54, 1.807) is 6.92 Å². The molecule has 1 fully saturated rings. The number of ketones is 1. The van der Waals surface area contributed by atoms with Crippen LogP contribution in [0.5, 0.6) is 0 Å². The molecule has 0 radical (unpaired) electrons. The van der Waals surface area contributed by atoms with Gasteiger partial charge in [-0.1, -0.05) is 19.3 Å².